The molecule has 3 aromatic heterocycles. The summed E-state index contributed by atoms with van der Waals surface area (Å²) in [4.78, 5) is 16.2. The summed E-state index contributed by atoms with van der Waals surface area (Å²) >= 11 is 6.39. The SMILES string of the molecule is CCC(c1nc2c(NCCC3CCCCN3CC)nccc2o1)c1cc(Cl)ccc1-n1cncn1. The summed E-state index contributed by atoms with van der Waals surface area (Å²) in [5.41, 5.74) is 3.40. The number of piperidine rings is 1. The number of nitrogens with one attached hydrogen (secondary N) is 1. The molecule has 0 radical (unpaired) electrons. The lowest BCUT2D eigenvalue weighted by atomic mass is 9.94. The quantitative estimate of drug-likeness (QED) is 0.321. The number of halogens is 1. The Morgan fingerprint density at radius 3 is 2.94 bits per heavy atom. The van der Waals surface area contributed by atoms with Crippen molar-refractivity contribution in [3.05, 3.63) is 59.6 Å². The topological polar surface area (TPSA) is 84.9 Å². The number of nitrogens with zero attached hydrogens (tertiary/aromatic N) is 6. The predicted octanol–water partition coefficient (Wildman–Crippen LogP) is 5.68. The smallest absolute Gasteiger partial charge is 0.203 e. The first kappa shape index (κ1) is 23.8. The normalized spacial score (nSPS) is 17.6. The van der Waals surface area contributed by atoms with Gasteiger partial charge in [-0.15, -0.1) is 0 Å². The summed E-state index contributed by atoms with van der Waals surface area (Å²) < 4.78 is 8.02. The minimum atomic E-state index is -0.0894. The molecule has 1 aliphatic rings. The van der Waals surface area contributed by atoms with Crippen molar-refractivity contribution in [2.45, 2.75) is 57.9 Å². The van der Waals surface area contributed by atoms with Crippen LogP contribution in [-0.4, -0.2) is 55.3 Å². The van der Waals surface area contributed by atoms with Gasteiger partial charge in [0.1, 0.15) is 12.7 Å². The summed E-state index contributed by atoms with van der Waals surface area (Å²) in [6, 6.07) is 8.29. The average molecular weight is 494 g/mol. The average Bonchev–Trinajstić information content (AvgIpc) is 3.56. The molecular formula is C26H32ClN7O. The Morgan fingerprint density at radius 1 is 1.23 bits per heavy atom. The van der Waals surface area contributed by atoms with Crippen LogP contribution in [0.4, 0.5) is 5.82 Å². The van der Waals surface area contributed by atoms with Gasteiger partial charge in [-0.2, -0.15) is 5.10 Å². The molecule has 0 aliphatic carbocycles. The van der Waals surface area contributed by atoms with Crippen molar-refractivity contribution in [2.75, 3.05) is 25.0 Å². The molecule has 1 aliphatic heterocycles. The summed E-state index contributed by atoms with van der Waals surface area (Å²) in [6.45, 7) is 7.55. The highest BCUT2D eigenvalue weighted by Gasteiger charge is 2.25. The van der Waals surface area contributed by atoms with Gasteiger partial charge in [0.05, 0.1) is 11.6 Å². The second-order valence-electron chi connectivity index (χ2n) is 9.06. The Hall–Kier alpha value is -2.97. The Morgan fingerprint density at radius 2 is 2.14 bits per heavy atom. The van der Waals surface area contributed by atoms with Crippen molar-refractivity contribution in [2.24, 2.45) is 0 Å². The van der Waals surface area contributed by atoms with Crippen molar-refractivity contribution in [1.29, 1.82) is 0 Å². The fraction of sp³-hybridized carbons (Fsp3) is 0.462. The third-order valence-corrected chi connectivity index (χ3v) is 7.22. The highest BCUT2D eigenvalue weighted by Crippen LogP contribution is 2.35. The maximum Gasteiger partial charge on any atom is 0.203 e. The molecule has 1 saturated heterocycles. The van der Waals surface area contributed by atoms with Gasteiger partial charge in [0, 0.05) is 29.9 Å². The molecule has 0 saturated carbocycles. The van der Waals surface area contributed by atoms with Crippen molar-refractivity contribution in [1.82, 2.24) is 29.6 Å². The molecule has 184 valence electrons. The van der Waals surface area contributed by atoms with Crippen LogP contribution in [0.2, 0.25) is 5.02 Å². The lowest BCUT2D eigenvalue weighted by Crippen LogP contribution is -2.40. The molecule has 0 spiro atoms. The Labute approximate surface area is 210 Å². The standard InChI is InChI=1S/C26H32ClN7O/c1-3-20(21-15-18(27)8-9-22(21)34-17-28-16-31-34)26-32-24-23(35-26)11-13-30-25(24)29-12-10-19-7-5-6-14-33(19)4-2/h8-9,11,13,15-17,19-20H,3-7,10,12,14H2,1-2H3,(H,29,30). The van der Waals surface area contributed by atoms with Gasteiger partial charge >= 0.3 is 0 Å². The number of pyridine rings is 1. The molecule has 9 heteroatoms. The molecule has 2 atom stereocenters. The van der Waals surface area contributed by atoms with Crippen LogP contribution in [0.1, 0.15) is 63.3 Å². The molecule has 1 fully saturated rings. The van der Waals surface area contributed by atoms with Gasteiger partial charge in [-0.3, -0.25) is 0 Å². The summed E-state index contributed by atoms with van der Waals surface area (Å²) in [5, 5.41) is 8.50. The third kappa shape index (κ3) is 5.04. The number of benzene rings is 1. The number of rotatable bonds is 9. The summed E-state index contributed by atoms with van der Waals surface area (Å²) in [6.07, 6.45) is 10.8. The number of fused-ring (bicyclic) bond motifs is 1. The first-order valence-corrected chi connectivity index (χ1v) is 12.9. The molecule has 8 nitrogen and oxygen atoms in total. The number of hydrogen-bond donors (Lipinski definition) is 1. The van der Waals surface area contributed by atoms with Gasteiger partial charge < -0.3 is 14.6 Å². The number of aromatic nitrogens is 5. The minimum Gasteiger partial charge on any atom is -0.440 e. The van der Waals surface area contributed by atoms with E-state index in [1.807, 2.05) is 24.3 Å². The second kappa shape index (κ2) is 10.7. The Balaban J connectivity index is 1.40. The van der Waals surface area contributed by atoms with Gasteiger partial charge in [0.2, 0.25) is 5.89 Å². The highest BCUT2D eigenvalue weighted by molar-refractivity contribution is 6.30. The number of hydrogen-bond acceptors (Lipinski definition) is 7. The molecule has 4 heterocycles. The molecule has 1 aromatic carbocycles. The lowest BCUT2D eigenvalue weighted by molar-refractivity contribution is 0.151. The van der Waals surface area contributed by atoms with E-state index in [-0.39, 0.29) is 5.92 Å². The van der Waals surface area contributed by atoms with Crippen molar-refractivity contribution in [3.63, 3.8) is 0 Å². The van der Waals surface area contributed by atoms with Crippen molar-refractivity contribution >= 4 is 28.5 Å². The third-order valence-electron chi connectivity index (χ3n) is 6.99. The predicted molar refractivity (Wildman–Crippen MR) is 138 cm³/mol. The summed E-state index contributed by atoms with van der Waals surface area (Å²) in [5.74, 6) is 1.33. The van der Waals surface area contributed by atoms with Crippen LogP contribution in [0, 0.1) is 0 Å². The van der Waals surface area contributed by atoms with E-state index in [4.69, 9.17) is 21.0 Å². The van der Waals surface area contributed by atoms with E-state index in [0.717, 1.165) is 54.1 Å². The van der Waals surface area contributed by atoms with E-state index in [0.29, 0.717) is 17.0 Å². The van der Waals surface area contributed by atoms with E-state index in [9.17, 15) is 0 Å². The Bertz CT molecular complexity index is 1260. The first-order chi connectivity index (χ1) is 17.2. The molecular weight excluding hydrogens is 462 g/mol. The zero-order valence-corrected chi connectivity index (χ0v) is 21.1. The van der Waals surface area contributed by atoms with Gasteiger partial charge in [0.15, 0.2) is 16.9 Å². The monoisotopic (exact) mass is 493 g/mol. The van der Waals surface area contributed by atoms with Crippen LogP contribution in [0.25, 0.3) is 16.8 Å². The molecule has 35 heavy (non-hydrogen) atoms. The van der Waals surface area contributed by atoms with Crippen LogP contribution < -0.4 is 5.32 Å². The van der Waals surface area contributed by atoms with Gasteiger partial charge in [-0.25, -0.2) is 19.6 Å². The van der Waals surface area contributed by atoms with E-state index < -0.39 is 0 Å². The number of oxazole rings is 1. The van der Waals surface area contributed by atoms with E-state index in [2.05, 4.69) is 39.1 Å². The van der Waals surface area contributed by atoms with E-state index >= 15 is 0 Å². The van der Waals surface area contributed by atoms with Crippen molar-refractivity contribution < 1.29 is 4.42 Å². The summed E-state index contributed by atoms with van der Waals surface area (Å²) in [7, 11) is 0. The number of anilines is 1. The molecule has 0 bridgehead atoms. The zero-order chi connectivity index (χ0) is 24.2. The number of likely N-dealkylation sites (tertiary alicyclic amines) is 1. The second-order valence-corrected chi connectivity index (χ2v) is 9.49. The van der Waals surface area contributed by atoms with Crippen LogP contribution in [0.5, 0.6) is 0 Å². The van der Waals surface area contributed by atoms with Crippen molar-refractivity contribution in [3.8, 4) is 5.69 Å². The fourth-order valence-corrected chi connectivity index (χ4v) is 5.37. The lowest BCUT2D eigenvalue weighted by Gasteiger charge is -2.35. The largest absolute Gasteiger partial charge is 0.440 e. The van der Waals surface area contributed by atoms with Gasteiger partial charge in [-0.05, 0) is 62.5 Å². The highest BCUT2D eigenvalue weighted by atomic mass is 35.5. The van der Waals surface area contributed by atoms with Crippen LogP contribution >= 0.6 is 11.6 Å². The van der Waals surface area contributed by atoms with Gasteiger partial charge in [-0.1, -0.05) is 31.9 Å². The molecule has 2 unspecified atom stereocenters. The fourth-order valence-electron chi connectivity index (χ4n) is 5.18. The Kier molecular flexibility index (Phi) is 7.29. The maximum atomic E-state index is 6.39. The van der Waals surface area contributed by atoms with Crippen LogP contribution in [0.3, 0.4) is 0 Å². The molecule has 5 rings (SSSR count). The molecule has 1 N–H and O–H groups in total. The van der Waals surface area contributed by atoms with E-state index in [1.165, 1.54) is 32.1 Å². The van der Waals surface area contributed by atoms with Crippen LogP contribution in [-0.2, 0) is 0 Å². The molecule has 0 amide bonds. The zero-order valence-electron chi connectivity index (χ0n) is 20.3. The van der Waals surface area contributed by atoms with E-state index in [1.54, 1.807) is 17.2 Å². The first-order valence-electron chi connectivity index (χ1n) is 12.6. The maximum absolute atomic E-state index is 6.39. The molecule has 4 aromatic rings. The van der Waals surface area contributed by atoms with Gasteiger partial charge in [0.25, 0.3) is 0 Å². The minimum absolute atomic E-state index is 0.0894. The van der Waals surface area contributed by atoms with Crippen LogP contribution in [0.15, 0.2) is 47.5 Å².